The lowest BCUT2D eigenvalue weighted by Gasteiger charge is -1.98. The van der Waals surface area contributed by atoms with Crippen molar-refractivity contribution in [2.45, 2.75) is 6.42 Å². The molecule has 0 aliphatic rings. The van der Waals surface area contributed by atoms with Crippen LogP contribution < -0.4 is 0 Å². The highest BCUT2D eigenvalue weighted by molar-refractivity contribution is 9.10. The van der Waals surface area contributed by atoms with E-state index in [0.29, 0.717) is 16.1 Å². The number of aromatic nitrogens is 3. The first kappa shape index (κ1) is 10.1. The van der Waals surface area contributed by atoms with Crippen LogP contribution in [-0.2, 0) is 13.5 Å². The Morgan fingerprint density at radius 1 is 1.67 bits per heavy atom. The summed E-state index contributed by atoms with van der Waals surface area (Å²) in [5, 5.41) is 3.89. The molecular weight excluding hydrogens is 262 g/mol. The maximum atomic E-state index is 11.8. The number of rotatable bonds is 3. The number of hydrogen-bond acceptors (Lipinski definition) is 4. The third-order valence-electron chi connectivity index (χ3n) is 2.04. The molecule has 5 nitrogen and oxygen atoms in total. The molecular formula is C9H8BrN3O2. The number of hydrogen-bond donors (Lipinski definition) is 0. The fourth-order valence-corrected chi connectivity index (χ4v) is 1.67. The smallest absolute Gasteiger partial charge is 0.179 e. The number of Topliss-reactive ketones (excluding diaryl/α,β-unsaturated/α-hetero) is 1. The molecule has 0 fully saturated rings. The number of carbonyl (C=O) groups is 1. The van der Waals surface area contributed by atoms with Crippen LogP contribution in [0, 0.1) is 0 Å². The summed E-state index contributed by atoms with van der Waals surface area (Å²) < 4.78 is 7.02. The van der Waals surface area contributed by atoms with E-state index in [1.54, 1.807) is 17.8 Å². The van der Waals surface area contributed by atoms with Crippen molar-refractivity contribution in [3.63, 3.8) is 0 Å². The molecule has 78 valence electrons. The van der Waals surface area contributed by atoms with Crippen LogP contribution in [0.2, 0.25) is 0 Å². The first-order valence-electron chi connectivity index (χ1n) is 4.27. The summed E-state index contributed by atoms with van der Waals surface area (Å²) in [6.07, 6.45) is 3.11. The number of ketones is 1. The zero-order valence-electron chi connectivity index (χ0n) is 7.98. The zero-order valence-corrected chi connectivity index (χ0v) is 9.56. The van der Waals surface area contributed by atoms with E-state index < -0.39 is 0 Å². The highest BCUT2D eigenvalue weighted by Gasteiger charge is 2.15. The molecule has 0 aliphatic heterocycles. The summed E-state index contributed by atoms with van der Waals surface area (Å²) >= 11 is 3.16. The van der Waals surface area contributed by atoms with E-state index in [1.807, 2.05) is 0 Å². The summed E-state index contributed by atoms with van der Waals surface area (Å²) in [5.74, 6) is 0.583. The Bertz CT molecular complexity index is 489. The van der Waals surface area contributed by atoms with Gasteiger partial charge >= 0.3 is 0 Å². The third-order valence-corrected chi connectivity index (χ3v) is 2.66. The second-order valence-corrected chi connectivity index (χ2v) is 3.73. The average Bonchev–Trinajstić information content (AvgIpc) is 2.76. The Morgan fingerprint density at radius 3 is 3.00 bits per heavy atom. The fraction of sp³-hybridized carbons (Fsp3) is 0.222. The van der Waals surface area contributed by atoms with E-state index in [0.717, 1.165) is 0 Å². The molecule has 0 aromatic carbocycles. The predicted molar refractivity (Wildman–Crippen MR) is 55.4 cm³/mol. The lowest BCUT2D eigenvalue weighted by atomic mass is 10.1. The van der Waals surface area contributed by atoms with Crippen LogP contribution in [0.15, 0.2) is 27.7 Å². The summed E-state index contributed by atoms with van der Waals surface area (Å²) in [4.78, 5) is 15.8. The van der Waals surface area contributed by atoms with Crippen molar-refractivity contribution in [2.24, 2.45) is 7.05 Å². The quantitative estimate of drug-likeness (QED) is 0.795. The minimum atomic E-state index is -0.0493. The van der Waals surface area contributed by atoms with Crippen LogP contribution in [0.5, 0.6) is 0 Å². The molecule has 2 heterocycles. The van der Waals surface area contributed by atoms with Crippen molar-refractivity contribution >= 4 is 21.7 Å². The van der Waals surface area contributed by atoms with Gasteiger partial charge in [0.05, 0.1) is 18.2 Å². The van der Waals surface area contributed by atoms with Crippen molar-refractivity contribution in [3.8, 4) is 0 Å². The largest absolute Gasteiger partial charge is 0.457 e. The first-order chi connectivity index (χ1) is 7.18. The Labute approximate surface area is 94.2 Å². The molecule has 0 spiro atoms. The van der Waals surface area contributed by atoms with Crippen molar-refractivity contribution in [1.29, 1.82) is 0 Å². The van der Waals surface area contributed by atoms with Gasteiger partial charge in [0.25, 0.3) is 0 Å². The van der Waals surface area contributed by atoms with E-state index in [1.165, 1.54) is 12.6 Å². The monoisotopic (exact) mass is 269 g/mol. The number of furan rings is 1. The van der Waals surface area contributed by atoms with Crippen LogP contribution >= 0.6 is 15.9 Å². The van der Waals surface area contributed by atoms with E-state index in [4.69, 9.17) is 4.42 Å². The van der Waals surface area contributed by atoms with Crippen molar-refractivity contribution < 1.29 is 9.21 Å². The van der Waals surface area contributed by atoms with E-state index in [9.17, 15) is 4.79 Å². The number of halogens is 1. The predicted octanol–water partition coefficient (Wildman–Crippen LogP) is 1.60. The van der Waals surface area contributed by atoms with Gasteiger partial charge in [-0.3, -0.25) is 9.48 Å². The minimum absolute atomic E-state index is 0.0493. The number of aryl methyl sites for hydroxylation is 1. The summed E-state index contributed by atoms with van der Waals surface area (Å²) in [6.45, 7) is 0. The van der Waals surface area contributed by atoms with Gasteiger partial charge in [-0.1, -0.05) is 0 Å². The van der Waals surface area contributed by atoms with Gasteiger partial charge in [-0.15, -0.1) is 0 Å². The molecule has 0 saturated carbocycles. The molecule has 0 aliphatic carbocycles. The molecule has 0 radical (unpaired) electrons. The molecule has 0 N–H and O–H groups in total. The summed E-state index contributed by atoms with van der Waals surface area (Å²) in [5.41, 5.74) is 0.526. The fourth-order valence-electron chi connectivity index (χ4n) is 1.21. The standard InChI is InChI=1S/C9H8BrN3O2/c1-13-8(11-5-12-13)4-7(14)6-2-3-15-9(6)10/h2-3,5H,4H2,1H3. The molecule has 6 heteroatoms. The molecule has 2 aromatic heterocycles. The van der Waals surface area contributed by atoms with Gasteiger partial charge in [0, 0.05) is 7.05 Å². The second kappa shape index (κ2) is 3.98. The molecule has 0 saturated heterocycles. The van der Waals surface area contributed by atoms with E-state index in [-0.39, 0.29) is 12.2 Å². The molecule has 2 aromatic rings. The highest BCUT2D eigenvalue weighted by Crippen LogP contribution is 2.19. The number of nitrogens with zero attached hydrogens (tertiary/aromatic N) is 3. The van der Waals surface area contributed by atoms with E-state index >= 15 is 0 Å². The second-order valence-electron chi connectivity index (χ2n) is 3.01. The Kier molecular flexibility index (Phi) is 2.68. The summed E-state index contributed by atoms with van der Waals surface area (Å²) in [6, 6.07) is 1.63. The number of carbonyl (C=O) groups excluding carboxylic acids is 1. The third kappa shape index (κ3) is 1.99. The maximum absolute atomic E-state index is 11.8. The molecule has 2 rings (SSSR count). The SMILES string of the molecule is Cn1ncnc1CC(=O)c1ccoc1Br. The first-order valence-corrected chi connectivity index (χ1v) is 5.07. The Balaban J connectivity index is 2.18. The highest BCUT2D eigenvalue weighted by atomic mass is 79.9. The van der Waals surface area contributed by atoms with Crippen LogP contribution in [0.25, 0.3) is 0 Å². The molecule has 0 amide bonds. The van der Waals surface area contributed by atoms with Gasteiger partial charge in [0.1, 0.15) is 12.2 Å². The molecule has 0 bridgehead atoms. The Hall–Kier alpha value is -1.43. The molecule has 15 heavy (non-hydrogen) atoms. The topological polar surface area (TPSA) is 60.9 Å². The van der Waals surface area contributed by atoms with Gasteiger partial charge in [0.2, 0.25) is 0 Å². The van der Waals surface area contributed by atoms with Gasteiger partial charge in [-0.2, -0.15) is 5.10 Å². The Morgan fingerprint density at radius 2 is 2.47 bits per heavy atom. The lowest BCUT2D eigenvalue weighted by molar-refractivity contribution is 0.0988. The van der Waals surface area contributed by atoms with E-state index in [2.05, 4.69) is 26.0 Å². The van der Waals surface area contributed by atoms with Crippen molar-refractivity contribution in [1.82, 2.24) is 14.8 Å². The summed E-state index contributed by atoms with van der Waals surface area (Å²) in [7, 11) is 1.75. The van der Waals surface area contributed by atoms with Crippen LogP contribution in [0.1, 0.15) is 16.2 Å². The molecule has 0 atom stereocenters. The zero-order chi connectivity index (χ0) is 10.8. The van der Waals surface area contributed by atoms with Crippen molar-refractivity contribution in [2.75, 3.05) is 0 Å². The van der Waals surface area contributed by atoms with Gasteiger partial charge in [0.15, 0.2) is 10.5 Å². The van der Waals surface area contributed by atoms with Gasteiger partial charge < -0.3 is 4.42 Å². The maximum Gasteiger partial charge on any atom is 0.179 e. The minimum Gasteiger partial charge on any atom is -0.457 e. The lowest BCUT2D eigenvalue weighted by Crippen LogP contribution is -2.08. The van der Waals surface area contributed by atoms with Crippen LogP contribution in [-0.4, -0.2) is 20.5 Å². The molecule has 0 unspecified atom stereocenters. The van der Waals surface area contributed by atoms with Gasteiger partial charge in [-0.05, 0) is 22.0 Å². The average molecular weight is 270 g/mol. The van der Waals surface area contributed by atoms with Crippen LogP contribution in [0.3, 0.4) is 0 Å². The normalized spacial score (nSPS) is 10.5. The van der Waals surface area contributed by atoms with Crippen molar-refractivity contribution in [3.05, 3.63) is 34.7 Å². The van der Waals surface area contributed by atoms with Gasteiger partial charge in [-0.25, -0.2) is 4.98 Å². The van der Waals surface area contributed by atoms with Crippen LogP contribution in [0.4, 0.5) is 0 Å².